The van der Waals surface area contributed by atoms with Gasteiger partial charge in [-0.2, -0.15) is 5.26 Å². The van der Waals surface area contributed by atoms with Crippen LogP contribution in [-0.4, -0.2) is 41.5 Å². The standard InChI is InChI=1S/C14H13F3N2O2/c15-12-2-1-9(5-10(12)6-18)13(21)19-4-3-14(16,17)11(7-19)8-20/h1-2,5,11,20H,3-4,7-8H2. The second kappa shape index (κ2) is 5.74. The Labute approximate surface area is 119 Å². The van der Waals surface area contributed by atoms with Gasteiger partial charge in [0, 0.05) is 25.1 Å². The predicted molar refractivity (Wildman–Crippen MR) is 67.2 cm³/mol. The van der Waals surface area contributed by atoms with Crippen LogP contribution in [0.4, 0.5) is 13.2 Å². The maximum absolute atomic E-state index is 13.5. The molecule has 0 aliphatic carbocycles. The molecule has 1 aromatic rings. The van der Waals surface area contributed by atoms with Gasteiger partial charge in [-0.15, -0.1) is 0 Å². The minimum atomic E-state index is -3.01. The SMILES string of the molecule is N#Cc1cc(C(=O)N2CCC(F)(F)C(CO)C2)ccc1F. The second-order valence-electron chi connectivity index (χ2n) is 4.95. The fourth-order valence-electron chi connectivity index (χ4n) is 2.28. The summed E-state index contributed by atoms with van der Waals surface area (Å²) in [5, 5.41) is 17.7. The van der Waals surface area contributed by atoms with E-state index in [-0.39, 0.29) is 24.2 Å². The third kappa shape index (κ3) is 3.00. The number of alkyl halides is 2. The fraction of sp³-hybridized carbons (Fsp3) is 0.429. The van der Waals surface area contributed by atoms with E-state index in [1.165, 1.54) is 11.0 Å². The molecule has 21 heavy (non-hydrogen) atoms. The number of aliphatic hydroxyl groups is 1. The largest absolute Gasteiger partial charge is 0.396 e. The highest BCUT2D eigenvalue weighted by Crippen LogP contribution is 2.33. The molecule has 7 heteroatoms. The summed E-state index contributed by atoms with van der Waals surface area (Å²) in [4.78, 5) is 13.4. The zero-order chi connectivity index (χ0) is 15.6. The van der Waals surface area contributed by atoms with Crippen LogP contribution >= 0.6 is 0 Å². The molecule has 1 unspecified atom stereocenters. The molecule has 1 fully saturated rings. The molecule has 0 saturated carbocycles. The number of nitrogens with zero attached hydrogens (tertiary/aromatic N) is 2. The summed E-state index contributed by atoms with van der Waals surface area (Å²) in [6.45, 7) is -1.15. The Hall–Kier alpha value is -2.07. The summed E-state index contributed by atoms with van der Waals surface area (Å²) in [6, 6.07) is 4.92. The lowest BCUT2D eigenvalue weighted by Gasteiger charge is -2.37. The van der Waals surface area contributed by atoms with E-state index < -0.39 is 36.6 Å². The zero-order valence-electron chi connectivity index (χ0n) is 11.0. The van der Waals surface area contributed by atoms with E-state index in [0.29, 0.717) is 0 Å². The van der Waals surface area contributed by atoms with Crippen molar-refractivity contribution in [3.05, 3.63) is 35.1 Å². The molecule has 0 spiro atoms. The number of aliphatic hydroxyl groups excluding tert-OH is 1. The quantitative estimate of drug-likeness (QED) is 0.905. The summed E-state index contributed by atoms with van der Waals surface area (Å²) in [5.74, 6) is -5.62. The van der Waals surface area contributed by atoms with Crippen molar-refractivity contribution in [1.29, 1.82) is 5.26 Å². The first-order valence-electron chi connectivity index (χ1n) is 6.36. The van der Waals surface area contributed by atoms with Gasteiger partial charge in [-0.3, -0.25) is 4.79 Å². The molecular formula is C14H13F3N2O2. The molecule has 0 bridgehead atoms. The zero-order valence-corrected chi connectivity index (χ0v) is 11.0. The van der Waals surface area contributed by atoms with Crippen LogP contribution < -0.4 is 0 Å². The number of benzene rings is 1. The molecule has 4 nitrogen and oxygen atoms in total. The van der Waals surface area contributed by atoms with Gasteiger partial charge >= 0.3 is 0 Å². The summed E-state index contributed by atoms with van der Waals surface area (Å²) in [5.41, 5.74) is -0.211. The molecule has 0 radical (unpaired) electrons. The van der Waals surface area contributed by atoms with Crippen molar-refractivity contribution in [2.75, 3.05) is 19.7 Å². The highest BCUT2D eigenvalue weighted by molar-refractivity contribution is 5.94. The number of hydrogen-bond acceptors (Lipinski definition) is 3. The van der Waals surface area contributed by atoms with Crippen molar-refractivity contribution in [3.63, 3.8) is 0 Å². The minimum absolute atomic E-state index is 0.0647. The highest BCUT2D eigenvalue weighted by Gasteiger charge is 2.44. The Morgan fingerprint density at radius 3 is 2.86 bits per heavy atom. The van der Waals surface area contributed by atoms with E-state index in [0.717, 1.165) is 12.1 Å². The predicted octanol–water partition coefficient (Wildman–Crippen LogP) is 1.79. The van der Waals surface area contributed by atoms with E-state index >= 15 is 0 Å². The van der Waals surface area contributed by atoms with E-state index in [1.54, 1.807) is 6.07 Å². The smallest absolute Gasteiger partial charge is 0.256 e. The first-order chi connectivity index (χ1) is 9.89. The monoisotopic (exact) mass is 298 g/mol. The fourth-order valence-corrected chi connectivity index (χ4v) is 2.28. The van der Waals surface area contributed by atoms with E-state index in [9.17, 15) is 18.0 Å². The second-order valence-corrected chi connectivity index (χ2v) is 4.95. The molecule has 1 N–H and O–H groups in total. The maximum Gasteiger partial charge on any atom is 0.256 e. The van der Waals surface area contributed by atoms with Crippen molar-refractivity contribution in [3.8, 4) is 6.07 Å². The summed E-state index contributed by atoms with van der Waals surface area (Å²) < 4.78 is 40.2. The number of carbonyl (C=O) groups is 1. The summed E-state index contributed by atoms with van der Waals surface area (Å²) >= 11 is 0. The van der Waals surface area contributed by atoms with Crippen LogP contribution in [0.3, 0.4) is 0 Å². The van der Waals surface area contributed by atoms with Gasteiger partial charge in [0.15, 0.2) is 0 Å². The van der Waals surface area contributed by atoms with Gasteiger partial charge in [-0.25, -0.2) is 13.2 Å². The molecule has 0 aromatic heterocycles. The number of amides is 1. The number of likely N-dealkylation sites (tertiary alicyclic amines) is 1. The van der Waals surface area contributed by atoms with Crippen molar-refractivity contribution in [1.82, 2.24) is 4.90 Å². The van der Waals surface area contributed by atoms with Gasteiger partial charge in [-0.1, -0.05) is 0 Å². The normalized spacial score (nSPS) is 20.9. The average molecular weight is 298 g/mol. The molecular weight excluding hydrogens is 285 g/mol. The number of nitriles is 1. The van der Waals surface area contributed by atoms with Gasteiger partial charge in [-0.05, 0) is 18.2 Å². The lowest BCUT2D eigenvalue weighted by Crippen LogP contribution is -2.50. The molecule has 1 aliphatic heterocycles. The van der Waals surface area contributed by atoms with Crippen LogP contribution in [0.25, 0.3) is 0 Å². The first kappa shape index (κ1) is 15.3. The van der Waals surface area contributed by atoms with Crippen molar-refractivity contribution >= 4 is 5.91 Å². The molecule has 1 atom stereocenters. The van der Waals surface area contributed by atoms with Crippen LogP contribution in [0.1, 0.15) is 22.3 Å². The Kier molecular flexibility index (Phi) is 4.19. The van der Waals surface area contributed by atoms with Crippen LogP contribution in [0.15, 0.2) is 18.2 Å². The number of carbonyl (C=O) groups excluding carboxylic acids is 1. The van der Waals surface area contributed by atoms with E-state index in [4.69, 9.17) is 10.4 Å². The minimum Gasteiger partial charge on any atom is -0.396 e. The van der Waals surface area contributed by atoms with Gasteiger partial charge < -0.3 is 10.0 Å². The van der Waals surface area contributed by atoms with Crippen LogP contribution in [-0.2, 0) is 0 Å². The van der Waals surface area contributed by atoms with Crippen molar-refractivity contribution in [2.45, 2.75) is 12.3 Å². The van der Waals surface area contributed by atoms with E-state index in [1.807, 2.05) is 0 Å². The van der Waals surface area contributed by atoms with Crippen molar-refractivity contribution in [2.24, 2.45) is 5.92 Å². The summed E-state index contributed by atoms with van der Waals surface area (Å²) in [7, 11) is 0. The van der Waals surface area contributed by atoms with Crippen molar-refractivity contribution < 1.29 is 23.1 Å². The van der Waals surface area contributed by atoms with Gasteiger partial charge in [0.05, 0.1) is 18.1 Å². The number of hydrogen-bond donors (Lipinski definition) is 1. The summed E-state index contributed by atoms with van der Waals surface area (Å²) in [6.07, 6.45) is -0.531. The topological polar surface area (TPSA) is 64.3 Å². The van der Waals surface area contributed by atoms with Gasteiger partial charge in [0.1, 0.15) is 11.9 Å². The highest BCUT2D eigenvalue weighted by atomic mass is 19.3. The lowest BCUT2D eigenvalue weighted by molar-refractivity contribution is -0.113. The van der Waals surface area contributed by atoms with Gasteiger partial charge in [0.25, 0.3) is 11.8 Å². The number of halogens is 3. The molecule has 2 rings (SSSR count). The maximum atomic E-state index is 13.5. The van der Waals surface area contributed by atoms with Crippen LogP contribution in [0, 0.1) is 23.1 Å². The molecule has 1 saturated heterocycles. The Morgan fingerprint density at radius 1 is 1.52 bits per heavy atom. The molecule has 1 heterocycles. The van der Waals surface area contributed by atoms with Crippen LogP contribution in [0.2, 0.25) is 0 Å². The number of rotatable bonds is 2. The molecule has 1 aliphatic rings. The Bertz CT molecular complexity index is 598. The third-order valence-electron chi connectivity index (χ3n) is 3.59. The van der Waals surface area contributed by atoms with E-state index in [2.05, 4.69) is 0 Å². The van der Waals surface area contributed by atoms with Crippen LogP contribution in [0.5, 0.6) is 0 Å². The average Bonchev–Trinajstić information content (AvgIpc) is 2.47. The number of piperidine rings is 1. The molecule has 1 amide bonds. The Morgan fingerprint density at radius 2 is 2.24 bits per heavy atom. The lowest BCUT2D eigenvalue weighted by atomic mass is 9.93. The Balaban J connectivity index is 2.20. The third-order valence-corrected chi connectivity index (χ3v) is 3.59. The first-order valence-corrected chi connectivity index (χ1v) is 6.36. The molecule has 1 aromatic carbocycles. The molecule has 112 valence electrons. The van der Waals surface area contributed by atoms with Gasteiger partial charge in [0.2, 0.25) is 0 Å².